The highest BCUT2D eigenvalue weighted by Gasteiger charge is 2.29. The Kier molecular flexibility index (Phi) is 5.35. The van der Waals surface area contributed by atoms with Gasteiger partial charge >= 0.3 is 12.0 Å². The summed E-state index contributed by atoms with van der Waals surface area (Å²) in [7, 11) is 0. The van der Waals surface area contributed by atoms with E-state index in [2.05, 4.69) is 5.32 Å². The topological polar surface area (TPSA) is 113 Å². The number of carboxylic acid groups (broad SMARTS) is 1. The number of likely N-dealkylation sites (tertiary alicyclic amines) is 1. The van der Waals surface area contributed by atoms with Crippen molar-refractivity contribution in [2.45, 2.75) is 33.1 Å². The first-order valence-corrected chi connectivity index (χ1v) is 6.77. The second-order valence-corrected chi connectivity index (χ2v) is 5.96. The van der Waals surface area contributed by atoms with Crippen LogP contribution in [-0.4, -0.2) is 47.5 Å². The maximum atomic E-state index is 12.0. The van der Waals surface area contributed by atoms with E-state index >= 15 is 0 Å². The highest BCUT2D eigenvalue weighted by molar-refractivity contribution is 5.81. The first-order valence-electron chi connectivity index (χ1n) is 6.77. The summed E-state index contributed by atoms with van der Waals surface area (Å²) in [5.41, 5.74) is 4.44. The van der Waals surface area contributed by atoms with Crippen LogP contribution in [0.4, 0.5) is 4.79 Å². The first kappa shape index (κ1) is 16.3. The van der Waals surface area contributed by atoms with Crippen molar-refractivity contribution in [1.29, 1.82) is 0 Å². The average Bonchev–Trinajstić information content (AvgIpc) is 2.35. The summed E-state index contributed by atoms with van der Waals surface area (Å²) in [6, 6.07) is -0.269. The Bertz CT molecular complexity index is 395. The Hall–Kier alpha value is -1.79. The largest absolute Gasteiger partial charge is 0.481 e. The maximum absolute atomic E-state index is 12.0. The molecule has 3 amide bonds. The first-order chi connectivity index (χ1) is 9.22. The van der Waals surface area contributed by atoms with Gasteiger partial charge in [-0.05, 0) is 32.6 Å². The zero-order valence-electron chi connectivity index (χ0n) is 12.0. The van der Waals surface area contributed by atoms with Gasteiger partial charge in [0.2, 0.25) is 5.91 Å². The highest BCUT2D eigenvalue weighted by atomic mass is 16.4. The highest BCUT2D eigenvalue weighted by Crippen LogP contribution is 2.20. The molecule has 0 aromatic rings. The number of carboxylic acids is 1. The molecule has 1 unspecified atom stereocenters. The van der Waals surface area contributed by atoms with Crippen molar-refractivity contribution in [1.82, 2.24) is 10.2 Å². The summed E-state index contributed by atoms with van der Waals surface area (Å²) in [5.74, 6) is -1.32. The minimum Gasteiger partial charge on any atom is -0.481 e. The van der Waals surface area contributed by atoms with E-state index in [0.717, 1.165) is 12.8 Å². The fourth-order valence-corrected chi connectivity index (χ4v) is 2.16. The lowest BCUT2D eigenvalue weighted by molar-refractivity contribution is -0.138. The zero-order valence-corrected chi connectivity index (χ0v) is 12.0. The number of aliphatic carboxylic acids is 1. The number of carbonyl (C=O) groups excluding carboxylic acids is 2. The molecule has 0 saturated carbocycles. The number of carbonyl (C=O) groups is 3. The molecule has 1 aliphatic rings. The molecular weight excluding hydrogens is 262 g/mol. The summed E-state index contributed by atoms with van der Waals surface area (Å²) < 4.78 is 0. The molecule has 114 valence electrons. The van der Waals surface area contributed by atoms with E-state index in [1.165, 1.54) is 0 Å². The second-order valence-electron chi connectivity index (χ2n) is 5.96. The van der Waals surface area contributed by atoms with E-state index < -0.39 is 17.3 Å². The minimum atomic E-state index is -0.841. The molecule has 0 spiro atoms. The van der Waals surface area contributed by atoms with Gasteiger partial charge in [-0.25, -0.2) is 4.79 Å². The Morgan fingerprint density at radius 1 is 1.40 bits per heavy atom. The van der Waals surface area contributed by atoms with Crippen molar-refractivity contribution in [3.05, 3.63) is 0 Å². The Labute approximate surface area is 118 Å². The van der Waals surface area contributed by atoms with Crippen LogP contribution in [0.2, 0.25) is 0 Å². The molecule has 4 N–H and O–H groups in total. The van der Waals surface area contributed by atoms with Gasteiger partial charge in [-0.1, -0.05) is 0 Å². The van der Waals surface area contributed by atoms with Crippen molar-refractivity contribution in [2.24, 2.45) is 17.1 Å². The third kappa shape index (κ3) is 4.71. The molecule has 1 fully saturated rings. The monoisotopic (exact) mass is 285 g/mol. The van der Waals surface area contributed by atoms with Crippen molar-refractivity contribution in [2.75, 3.05) is 19.6 Å². The van der Waals surface area contributed by atoms with Gasteiger partial charge in [0.05, 0.1) is 5.41 Å². The number of piperidine rings is 1. The number of nitrogens with zero attached hydrogens (tertiary/aromatic N) is 1. The van der Waals surface area contributed by atoms with Crippen LogP contribution in [0.3, 0.4) is 0 Å². The number of primary amides is 1. The normalized spacial score (nSPS) is 19.5. The number of nitrogens with one attached hydrogen (secondary N) is 1. The summed E-state index contributed by atoms with van der Waals surface area (Å²) in [4.78, 5) is 35.5. The fourth-order valence-electron chi connectivity index (χ4n) is 2.16. The van der Waals surface area contributed by atoms with Crippen LogP contribution in [-0.2, 0) is 9.59 Å². The summed E-state index contributed by atoms with van der Waals surface area (Å²) >= 11 is 0. The van der Waals surface area contributed by atoms with Gasteiger partial charge in [0.1, 0.15) is 0 Å². The predicted octanol–water partition coefficient (Wildman–Crippen LogP) is 0.394. The van der Waals surface area contributed by atoms with Crippen LogP contribution in [0.1, 0.15) is 33.1 Å². The van der Waals surface area contributed by atoms with E-state index in [1.807, 2.05) is 0 Å². The van der Waals surface area contributed by atoms with Crippen LogP contribution in [0.15, 0.2) is 0 Å². The van der Waals surface area contributed by atoms with Gasteiger partial charge in [0.25, 0.3) is 0 Å². The molecular formula is C13H23N3O4. The SMILES string of the molecule is CC(C)(CNC(=O)N1CCCC(CC(=O)O)C1)C(N)=O. The third-order valence-electron chi connectivity index (χ3n) is 3.62. The standard InChI is InChI=1S/C13H23N3O4/c1-13(2,11(14)19)8-15-12(20)16-5-3-4-9(7-16)6-10(17)18/h9H,3-8H2,1-2H3,(H2,14,19)(H,15,20)(H,17,18). The van der Waals surface area contributed by atoms with Gasteiger partial charge in [0, 0.05) is 26.1 Å². The Morgan fingerprint density at radius 3 is 2.60 bits per heavy atom. The summed E-state index contributed by atoms with van der Waals surface area (Å²) in [6.45, 7) is 4.55. The van der Waals surface area contributed by atoms with E-state index in [4.69, 9.17) is 10.8 Å². The molecule has 1 saturated heterocycles. The molecule has 1 rings (SSSR count). The van der Waals surface area contributed by atoms with Crippen LogP contribution < -0.4 is 11.1 Å². The molecule has 1 heterocycles. The average molecular weight is 285 g/mol. The molecule has 0 aromatic carbocycles. The van der Waals surface area contributed by atoms with E-state index in [0.29, 0.717) is 13.1 Å². The lowest BCUT2D eigenvalue weighted by Gasteiger charge is -2.33. The van der Waals surface area contributed by atoms with E-state index in [9.17, 15) is 14.4 Å². The van der Waals surface area contributed by atoms with Crippen LogP contribution in [0.25, 0.3) is 0 Å². The van der Waals surface area contributed by atoms with Crippen molar-refractivity contribution in [3.8, 4) is 0 Å². The van der Waals surface area contributed by atoms with Gasteiger partial charge in [-0.15, -0.1) is 0 Å². The van der Waals surface area contributed by atoms with Gasteiger partial charge in [0.15, 0.2) is 0 Å². The van der Waals surface area contributed by atoms with Crippen LogP contribution in [0.5, 0.6) is 0 Å². The lowest BCUT2D eigenvalue weighted by Crippen LogP contribution is -2.49. The summed E-state index contributed by atoms with van der Waals surface area (Å²) in [6.07, 6.45) is 1.70. The lowest BCUT2D eigenvalue weighted by atomic mass is 9.92. The van der Waals surface area contributed by atoms with Gasteiger partial charge in [-0.3, -0.25) is 9.59 Å². The predicted molar refractivity (Wildman–Crippen MR) is 72.9 cm³/mol. The van der Waals surface area contributed by atoms with Crippen molar-refractivity contribution < 1.29 is 19.5 Å². The molecule has 7 nitrogen and oxygen atoms in total. The number of urea groups is 1. The fraction of sp³-hybridized carbons (Fsp3) is 0.769. The summed E-state index contributed by atoms with van der Waals surface area (Å²) in [5, 5.41) is 11.5. The molecule has 20 heavy (non-hydrogen) atoms. The quantitative estimate of drug-likeness (QED) is 0.678. The van der Waals surface area contributed by atoms with Gasteiger partial charge in [-0.2, -0.15) is 0 Å². The van der Waals surface area contributed by atoms with Gasteiger partial charge < -0.3 is 21.1 Å². The third-order valence-corrected chi connectivity index (χ3v) is 3.62. The minimum absolute atomic E-state index is 0.00356. The van der Waals surface area contributed by atoms with E-state index in [-0.39, 0.29) is 24.9 Å². The number of nitrogens with two attached hydrogens (primary N) is 1. The zero-order chi connectivity index (χ0) is 15.3. The molecule has 1 aliphatic heterocycles. The molecule has 1 atom stereocenters. The van der Waals surface area contributed by atoms with E-state index in [1.54, 1.807) is 18.7 Å². The number of hydrogen-bond donors (Lipinski definition) is 3. The second kappa shape index (κ2) is 6.58. The van der Waals surface area contributed by atoms with Crippen molar-refractivity contribution >= 4 is 17.9 Å². The smallest absolute Gasteiger partial charge is 0.317 e. The molecule has 7 heteroatoms. The molecule has 0 aromatic heterocycles. The molecule has 0 bridgehead atoms. The number of hydrogen-bond acceptors (Lipinski definition) is 3. The van der Waals surface area contributed by atoms with Crippen LogP contribution in [0, 0.1) is 11.3 Å². The molecule has 0 radical (unpaired) electrons. The van der Waals surface area contributed by atoms with Crippen LogP contribution >= 0.6 is 0 Å². The Morgan fingerprint density at radius 2 is 2.05 bits per heavy atom. The number of amides is 3. The Balaban J connectivity index is 2.47. The maximum Gasteiger partial charge on any atom is 0.317 e. The molecule has 0 aliphatic carbocycles. The van der Waals surface area contributed by atoms with Crippen molar-refractivity contribution in [3.63, 3.8) is 0 Å². The number of rotatable bonds is 5.